The van der Waals surface area contributed by atoms with Gasteiger partial charge >= 0.3 is 5.97 Å². The molecule has 0 unspecified atom stereocenters. The number of nitrogens with zero attached hydrogens (tertiary/aromatic N) is 4. The predicted molar refractivity (Wildman–Crippen MR) is 226 cm³/mol. The molecule has 0 fully saturated rings. The van der Waals surface area contributed by atoms with E-state index >= 15 is 0 Å². The Balaban J connectivity index is 1.47. The number of carbonyl (C=O) groups excluding carboxylic acids is 3. The SMILES string of the molecule is CCCCCCCOc1ccc(-c2cnc(-c3ccc(C[C@H](NC(=O)c4ccc(C(C)(C)C)s4)C(=O)N[C@@H](CC(=O)O)C(=O)N(C)CCN(C)C)cc3)nc2)cc1. The Bertz CT molecular complexity index is 1910. The van der Waals surface area contributed by atoms with Gasteiger partial charge in [-0.1, -0.05) is 89.8 Å². The molecular weight excluding hydrogens is 741 g/mol. The third-order valence-corrected chi connectivity index (χ3v) is 11.0. The Morgan fingerprint density at radius 1 is 0.789 bits per heavy atom. The van der Waals surface area contributed by atoms with Gasteiger partial charge in [-0.3, -0.25) is 19.2 Å². The molecule has 2 aromatic heterocycles. The lowest BCUT2D eigenvalue weighted by Crippen LogP contribution is -2.55. The van der Waals surface area contributed by atoms with Gasteiger partial charge in [-0.15, -0.1) is 11.3 Å². The third kappa shape index (κ3) is 14.1. The summed E-state index contributed by atoms with van der Waals surface area (Å²) in [6.07, 6.45) is 8.98. The molecule has 0 aliphatic carbocycles. The van der Waals surface area contributed by atoms with Crippen molar-refractivity contribution in [2.75, 3.05) is 40.8 Å². The number of carbonyl (C=O) groups is 4. The smallest absolute Gasteiger partial charge is 0.305 e. The summed E-state index contributed by atoms with van der Waals surface area (Å²) in [4.78, 5) is 66.5. The van der Waals surface area contributed by atoms with E-state index in [1.807, 2.05) is 73.6 Å². The second kappa shape index (κ2) is 21.4. The quantitative estimate of drug-likeness (QED) is 0.0770. The lowest BCUT2D eigenvalue weighted by atomic mass is 9.95. The van der Waals surface area contributed by atoms with Gasteiger partial charge in [-0.25, -0.2) is 9.97 Å². The Hall–Kier alpha value is -5.14. The first-order valence-electron chi connectivity index (χ1n) is 19.6. The van der Waals surface area contributed by atoms with Crippen LogP contribution in [0.25, 0.3) is 22.5 Å². The number of benzene rings is 2. The Morgan fingerprint density at radius 3 is 2.04 bits per heavy atom. The van der Waals surface area contributed by atoms with Crippen molar-refractivity contribution < 1.29 is 29.0 Å². The summed E-state index contributed by atoms with van der Waals surface area (Å²) in [5.74, 6) is -1.51. The number of rotatable bonds is 21. The zero-order valence-electron chi connectivity index (χ0n) is 34.3. The molecule has 13 heteroatoms. The zero-order chi connectivity index (χ0) is 41.5. The second-order valence-corrected chi connectivity index (χ2v) is 16.7. The van der Waals surface area contributed by atoms with E-state index in [1.165, 1.54) is 41.9 Å². The maximum absolute atomic E-state index is 13.9. The van der Waals surface area contributed by atoms with Crippen molar-refractivity contribution in [3.63, 3.8) is 0 Å². The predicted octanol–water partition coefficient (Wildman–Crippen LogP) is 6.84. The number of carboxylic acids is 1. The summed E-state index contributed by atoms with van der Waals surface area (Å²) in [5.41, 5.74) is 3.17. The molecule has 0 saturated heterocycles. The Morgan fingerprint density at radius 2 is 1.44 bits per heavy atom. The fourth-order valence-corrected chi connectivity index (χ4v) is 6.93. The molecule has 3 N–H and O–H groups in total. The first kappa shape index (κ1) is 44.6. The zero-order valence-corrected chi connectivity index (χ0v) is 35.2. The topological polar surface area (TPSA) is 154 Å². The number of hydrogen-bond donors (Lipinski definition) is 3. The molecule has 4 aromatic rings. The molecule has 0 aliphatic heterocycles. The average Bonchev–Trinajstić information content (AvgIpc) is 3.70. The van der Waals surface area contributed by atoms with Crippen LogP contribution in [0.5, 0.6) is 5.75 Å². The van der Waals surface area contributed by atoms with E-state index in [9.17, 15) is 24.3 Å². The van der Waals surface area contributed by atoms with Crippen molar-refractivity contribution in [3.8, 4) is 28.3 Å². The van der Waals surface area contributed by atoms with Crippen molar-refractivity contribution in [2.45, 2.75) is 90.1 Å². The molecule has 0 radical (unpaired) electrons. The highest BCUT2D eigenvalue weighted by molar-refractivity contribution is 7.14. The summed E-state index contributed by atoms with van der Waals surface area (Å²) in [5, 5.41) is 15.1. The lowest BCUT2D eigenvalue weighted by molar-refractivity contribution is -0.143. The van der Waals surface area contributed by atoms with Crippen LogP contribution >= 0.6 is 11.3 Å². The van der Waals surface area contributed by atoms with Crippen LogP contribution in [0.3, 0.4) is 0 Å². The van der Waals surface area contributed by atoms with E-state index < -0.39 is 42.2 Å². The number of nitrogens with one attached hydrogen (secondary N) is 2. The number of carboxylic acid groups (broad SMARTS) is 1. The monoisotopic (exact) mass is 798 g/mol. The minimum atomic E-state index is -1.32. The molecule has 2 heterocycles. The number of unbranched alkanes of at least 4 members (excludes halogenated alkanes) is 4. The van der Waals surface area contributed by atoms with Gasteiger partial charge in [0.05, 0.1) is 17.9 Å². The fraction of sp³-hybridized carbons (Fsp3) is 0.455. The molecule has 0 spiro atoms. The van der Waals surface area contributed by atoms with Crippen molar-refractivity contribution in [1.29, 1.82) is 0 Å². The summed E-state index contributed by atoms with van der Waals surface area (Å²) >= 11 is 1.35. The van der Waals surface area contributed by atoms with E-state index in [0.29, 0.717) is 30.4 Å². The minimum Gasteiger partial charge on any atom is -0.494 e. The van der Waals surface area contributed by atoms with Crippen LogP contribution in [0.4, 0.5) is 0 Å². The third-order valence-electron chi connectivity index (χ3n) is 9.45. The maximum Gasteiger partial charge on any atom is 0.305 e. The number of aliphatic carboxylic acids is 1. The van der Waals surface area contributed by atoms with Crippen LogP contribution in [0.1, 0.15) is 86.3 Å². The van der Waals surface area contributed by atoms with Gasteiger partial charge in [0, 0.05) is 55.0 Å². The van der Waals surface area contributed by atoms with E-state index in [-0.39, 0.29) is 11.8 Å². The molecule has 2 atom stereocenters. The Labute approximate surface area is 341 Å². The van der Waals surface area contributed by atoms with Gasteiger partial charge in [0.15, 0.2) is 5.82 Å². The number of likely N-dealkylation sites (N-methyl/N-ethyl adjacent to an activating group) is 2. The highest BCUT2D eigenvalue weighted by atomic mass is 32.1. The van der Waals surface area contributed by atoms with E-state index in [2.05, 4.69) is 48.3 Å². The highest BCUT2D eigenvalue weighted by Crippen LogP contribution is 2.30. The van der Waals surface area contributed by atoms with Gasteiger partial charge < -0.3 is 30.3 Å². The first-order chi connectivity index (χ1) is 27.1. The van der Waals surface area contributed by atoms with E-state index in [1.54, 1.807) is 25.5 Å². The van der Waals surface area contributed by atoms with Crippen molar-refractivity contribution >= 4 is 35.0 Å². The van der Waals surface area contributed by atoms with Gasteiger partial charge in [-0.05, 0) is 61.3 Å². The first-order valence-corrected chi connectivity index (χ1v) is 20.4. The van der Waals surface area contributed by atoms with Crippen molar-refractivity contribution in [2.24, 2.45) is 0 Å². The fourth-order valence-electron chi connectivity index (χ4n) is 5.97. The molecule has 2 aromatic carbocycles. The number of aromatic nitrogens is 2. The van der Waals surface area contributed by atoms with Crippen LogP contribution in [0.15, 0.2) is 73.1 Å². The number of thiophene rings is 1. The van der Waals surface area contributed by atoms with Gasteiger partial charge in [0.25, 0.3) is 5.91 Å². The van der Waals surface area contributed by atoms with Gasteiger partial charge in [0.1, 0.15) is 17.8 Å². The molecule has 4 rings (SSSR count). The van der Waals surface area contributed by atoms with Crippen molar-refractivity contribution in [1.82, 2.24) is 30.4 Å². The van der Waals surface area contributed by atoms with Crippen molar-refractivity contribution in [3.05, 3.63) is 88.4 Å². The van der Waals surface area contributed by atoms with Crippen LogP contribution in [-0.2, 0) is 26.2 Å². The molecule has 0 aliphatic rings. The summed E-state index contributed by atoms with van der Waals surface area (Å²) in [7, 11) is 5.30. The summed E-state index contributed by atoms with van der Waals surface area (Å²) < 4.78 is 5.90. The molecule has 0 bridgehead atoms. The van der Waals surface area contributed by atoms with Crippen LogP contribution in [0.2, 0.25) is 0 Å². The Kier molecular flexibility index (Phi) is 16.7. The maximum atomic E-state index is 13.9. The molecule has 57 heavy (non-hydrogen) atoms. The summed E-state index contributed by atoms with van der Waals surface area (Å²) in [6, 6.07) is 16.5. The average molecular weight is 799 g/mol. The normalized spacial score (nSPS) is 12.5. The number of ether oxygens (including phenoxy) is 1. The van der Waals surface area contributed by atoms with Crippen LogP contribution in [0, 0.1) is 0 Å². The highest BCUT2D eigenvalue weighted by Gasteiger charge is 2.31. The summed E-state index contributed by atoms with van der Waals surface area (Å²) in [6.45, 7) is 9.98. The standard InChI is InChI=1S/C44H58N6O6S/c1-8-9-10-11-12-25-56-34-19-17-31(18-20-34)33-28-45-40(46-29-33)32-15-13-30(14-16-32)26-35(47-42(54)37-21-22-38(57-37)44(2,3)4)41(53)48-36(27-39(51)52)43(55)50(7)24-23-49(5)6/h13-22,28-29,35-36H,8-12,23-27H2,1-7H3,(H,47,54)(H,48,53)(H,51,52)/t35-,36-/m0/s1. The minimum absolute atomic E-state index is 0.0815. The molecule has 0 saturated carbocycles. The van der Waals surface area contributed by atoms with E-state index in [4.69, 9.17) is 4.74 Å². The largest absolute Gasteiger partial charge is 0.494 e. The van der Waals surface area contributed by atoms with Gasteiger partial charge in [0.2, 0.25) is 11.8 Å². The second-order valence-electron chi connectivity index (χ2n) is 15.6. The lowest BCUT2D eigenvalue weighted by Gasteiger charge is -2.27. The number of amides is 3. The molecule has 12 nitrogen and oxygen atoms in total. The van der Waals surface area contributed by atoms with E-state index in [0.717, 1.165) is 39.3 Å². The van der Waals surface area contributed by atoms with Crippen LogP contribution < -0.4 is 15.4 Å². The number of hydrogen-bond acceptors (Lipinski definition) is 9. The molecular formula is C44H58N6O6S. The van der Waals surface area contributed by atoms with Crippen LogP contribution in [-0.4, -0.2) is 101 Å². The van der Waals surface area contributed by atoms with Gasteiger partial charge in [-0.2, -0.15) is 0 Å². The molecule has 3 amide bonds. The molecule has 306 valence electrons.